The molecule has 1 atom stereocenters. The van der Waals surface area contributed by atoms with Gasteiger partial charge in [0.25, 0.3) is 0 Å². The van der Waals surface area contributed by atoms with E-state index in [4.69, 9.17) is 0 Å². The van der Waals surface area contributed by atoms with Gasteiger partial charge in [0.05, 0.1) is 5.92 Å². The maximum Gasteiger partial charge on any atom is 0.225 e. The molecule has 0 bridgehead atoms. The summed E-state index contributed by atoms with van der Waals surface area (Å²) in [4.78, 5) is 27.5. The van der Waals surface area contributed by atoms with Gasteiger partial charge in [0, 0.05) is 30.4 Å². The largest absolute Gasteiger partial charge is 0.354 e. The fraction of sp³-hybridized carbons (Fsp3) is 0.625. The van der Waals surface area contributed by atoms with E-state index >= 15 is 0 Å². The number of piperidine rings is 1. The predicted molar refractivity (Wildman–Crippen MR) is 85.2 cm³/mol. The number of hydrogen-bond donors (Lipinski definition) is 1. The summed E-state index contributed by atoms with van der Waals surface area (Å²) in [6, 6.07) is 4.23. The normalized spacial score (nSPS) is 18.8. The summed E-state index contributed by atoms with van der Waals surface area (Å²) in [5.41, 5.74) is 0. The van der Waals surface area contributed by atoms with E-state index in [-0.39, 0.29) is 23.8 Å². The summed E-state index contributed by atoms with van der Waals surface area (Å²) in [6.07, 6.45) is 3.14. The smallest absolute Gasteiger partial charge is 0.225 e. The molecule has 0 spiro atoms. The molecule has 1 saturated heterocycles. The Labute approximate surface area is 130 Å². The van der Waals surface area contributed by atoms with Crippen LogP contribution in [0.15, 0.2) is 17.5 Å². The lowest BCUT2D eigenvalue weighted by molar-refractivity contribution is -0.135. The molecule has 116 valence electrons. The molecule has 2 rings (SSSR count). The van der Waals surface area contributed by atoms with E-state index < -0.39 is 0 Å². The zero-order chi connectivity index (χ0) is 15.2. The van der Waals surface area contributed by atoms with E-state index in [9.17, 15) is 9.59 Å². The summed E-state index contributed by atoms with van der Waals surface area (Å²) < 4.78 is 0. The molecule has 1 aromatic heterocycles. The second kappa shape index (κ2) is 7.59. The molecule has 1 unspecified atom stereocenters. The number of carbonyl (C=O) groups is 2. The molecule has 1 aliphatic heterocycles. The SMILES string of the molecule is CC(C)NC(=O)C1CCCN(C(=O)CCc2cccs2)C1. The number of thiophene rings is 1. The van der Waals surface area contributed by atoms with E-state index in [1.807, 2.05) is 30.2 Å². The van der Waals surface area contributed by atoms with Crippen molar-refractivity contribution in [2.45, 2.75) is 45.6 Å². The van der Waals surface area contributed by atoms with Gasteiger partial charge in [0.1, 0.15) is 0 Å². The third kappa shape index (κ3) is 4.84. The number of likely N-dealkylation sites (tertiary alicyclic amines) is 1. The van der Waals surface area contributed by atoms with Crippen molar-refractivity contribution in [2.75, 3.05) is 13.1 Å². The van der Waals surface area contributed by atoms with Gasteiger partial charge in [-0.3, -0.25) is 9.59 Å². The average Bonchev–Trinajstić information content (AvgIpc) is 2.97. The first-order valence-electron chi connectivity index (χ1n) is 7.67. The Kier molecular flexibility index (Phi) is 5.79. The van der Waals surface area contributed by atoms with Gasteiger partial charge in [-0.15, -0.1) is 11.3 Å². The Hall–Kier alpha value is -1.36. The van der Waals surface area contributed by atoms with Crippen LogP contribution < -0.4 is 5.32 Å². The number of nitrogens with zero attached hydrogens (tertiary/aromatic N) is 1. The molecule has 0 saturated carbocycles. The van der Waals surface area contributed by atoms with Crippen LogP contribution in [0, 0.1) is 5.92 Å². The molecular weight excluding hydrogens is 284 g/mol. The molecule has 0 aromatic carbocycles. The van der Waals surface area contributed by atoms with Crippen LogP contribution in [0.5, 0.6) is 0 Å². The van der Waals surface area contributed by atoms with Gasteiger partial charge in [-0.2, -0.15) is 0 Å². The number of hydrogen-bond acceptors (Lipinski definition) is 3. The highest BCUT2D eigenvalue weighted by Gasteiger charge is 2.28. The van der Waals surface area contributed by atoms with Crippen LogP contribution in [0.1, 0.15) is 38.0 Å². The minimum Gasteiger partial charge on any atom is -0.354 e. The fourth-order valence-electron chi connectivity index (χ4n) is 2.66. The summed E-state index contributed by atoms with van der Waals surface area (Å²) in [5, 5.41) is 4.99. The Morgan fingerprint density at radius 3 is 2.95 bits per heavy atom. The van der Waals surface area contributed by atoms with E-state index in [1.165, 1.54) is 4.88 Å². The summed E-state index contributed by atoms with van der Waals surface area (Å²) >= 11 is 1.69. The zero-order valence-electron chi connectivity index (χ0n) is 12.8. The lowest BCUT2D eigenvalue weighted by Gasteiger charge is -2.32. The van der Waals surface area contributed by atoms with E-state index in [0.29, 0.717) is 13.0 Å². The first kappa shape index (κ1) is 16.0. The highest BCUT2D eigenvalue weighted by molar-refractivity contribution is 7.09. The third-order valence-electron chi connectivity index (χ3n) is 3.74. The summed E-state index contributed by atoms with van der Waals surface area (Å²) in [5.74, 6) is 0.207. The van der Waals surface area contributed by atoms with Crippen LogP contribution >= 0.6 is 11.3 Å². The molecule has 0 radical (unpaired) electrons. The van der Waals surface area contributed by atoms with Crippen molar-refractivity contribution in [3.05, 3.63) is 22.4 Å². The number of nitrogens with one attached hydrogen (secondary N) is 1. The molecule has 2 heterocycles. The highest BCUT2D eigenvalue weighted by atomic mass is 32.1. The van der Waals surface area contributed by atoms with Gasteiger partial charge in [-0.25, -0.2) is 0 Å². The van der Waals surface area contributed by atoms with Crippen LogP contribution in [0.4, 0.5) is 0 Å². The fourth-order valence-corrected chi connectivity index (χ4v) is 3.37. The quantitative estimate of drug-likeness (QED) is 0.908. The van der Waals surface area contributed by atoms with Crippen molar-refractivity contribution in [2.24, 2.45) is 5.92 Å². The molecule has 1 fully saturated rings. The first-order valence-corrected chi connectivity index (χ1v) is 8.54. The lowest BCUT2D eigenvalue weighted by Crippen LogP contribution is -2.46. The zero-order valence-corrected chi connectivity index (χ0v) is 13.6. The molecule has 21 heavy (non-hydrogen) atoms. The van der Waals surface area contributed by atoms with Crippen LogP contribution in [0.25, 0.3) is 0 Å². The van der Waals surface area contributed by atoms with Crippen LogP contribution in [-0.2, 0) is 16.0 Å². The monoisotopic (exact) mass is 308 g/mol. The molecular formula is C16H24N2O2S. The van der Waals surface area contributed by atoms with E-state index in [2.05, 4.69) is 11.4 Å². The van der Waals surface area contributed by atoms with Crippen molar-refractivity contribution in [3.8, 4) is 0 Å². The first-order chi connectivity index (χ1) is 10.1. The Morgan fingerprint density at radius 1 is 1.48 bits per heavy atom. The van der Waals surface area contributed by atoms with Gasteiger partial charge in [0.15, 0.2) is 0 Å². The van der Waals surface area contributed by atoms with Crippen molar-refractivity contribution in [1.29, 1.82) is 0 Å². The van der Waals surface area contributed by atoms with Crippen LogP contribution in [-0.4, -0.2) is 35.8 Å². The molecule has 4 nitrogen and oxygen atoms in total. The second-order valence-corrected chi connectivity index (χ2v) is 6.95. The molecule has 2 amide bonds. The van der Waals surface area contributed by atoms with Crippen LogP contribution in [0.2, 0.25) is 0 Å². The number of carbonyl (C=O) groups excluding carboxylic acids is 2. The van der Waals surface area contributed by atoms with Crippen molar-refractivity contribution in [1.82, 2.24) is 10.2 Å². The Bertz CT molecular complexity index is 471. The van der Waals surface area contributed by atoms with Crippen molar-refractivity contribution < 1.29 is 9.59 Å². The average molecular weight is 308 g/mol. The third-order valence-corrected chi connectivity index (χ3v) is 4.68. The highest BCUT2D eigenvalue weighted by Crippen LogP contribution is 2.19. The van der Waals surface area contributed by atoms with Crippen molar-refractivity contribution >= 4 is 23.2 Å². The number of amides is 2. The van der Waals surface area contributed by atoms with Crippen LogP contribution in [0.3, 0.4) is 0 Å². The van der Waals surface area contributed by atoms with Gasteiger partial charge < -0.3 is 10.2 Å². The minimum absolute atomic E-state index is 0.0492. The number of rotatable bonds is 5. The van der Waals surface area contributed by atoms with E-state index in [1.54, 1.807) is 11.3 Å². The number of aryl methyl sites for hydroxylation is 1. The molecule has 1 aliphatic rings. The van der Waals surface area contributed by atoms with Gasteiger partial charge in [0.2, 0.25) is 11.8 Å². The Morgan fingerprint density at radius 2 is 2.29 bits per heavy atom. The minimum atomic E-state index is -0.0492. The Balaban J connectivity index is 1.82. The molecule has 1 aromatic rings. The molecule has 5 heteroatoms. The summed E-state index contributed by atoms with van der Waals surface area (Å²) in [7, 11) is 0. The molecule has 1 N–H and O–H groups in total. The second-order valence-electron chi connectivity index (χ2n) is 5.92. The van der Waals surface area contributed by atoms with Gasteiger partial charge in [-0.1, -0.05) is 6.07 Å². The van der Waals surface area contributed by atoms with E-state index in [0.717, 1.165) is 25.8 Å². The molecule has 0 aliphatic carbocycles. The standard InChI is InChI=1S/C16H24N2O2S/c1-12(2)17-16(20)13-5-3-9-18(11-13)15(19)8-7-14-6-4-10-21-14/h4,6,10,12-13H,3,5,7-9,11H2,1-2H3,(H,17,20). The lowest BCUT2D eigenvalue weighted by atomic mass is 9.96. The summed E-state index contributed by atoms with van der Waals surface area (Å²) in [6.45, 7) is 5.28. The topological polar surface area (TPSA) is 49.4 Å². The predicted octanol–water partition coefficient (Wildman–Crippen LogP) is 2.44. The van der Waals surface area contributed by atoms with Gasteiger partial charge >= 0.3 is 0 Å². The maximum absolute atomic E-state index is 12.3. The van der Waals surface area contributed by atoms with Crippen molar-refractivity contribution in [3.63, 3.8) is 0 Å². The van der Waals surface area contributed by atoms with Gasteiger partial charge in [-0.05, 0) is 44.6 Å². The maximum atomic E-state index is 12.3.